The summed E-state index contributed by atoms with van der Waals surface area (Å²) in [5.74, 6) is 2.18. The van der Waals surface area contributed by atoms with Crippen molar-refractivity contribution in [3.8, 4) is 11.5 Å². The van der Waals surface area contributed by atoms with Gasteiger partial charge in [-0.1, -0.05) is 24.3 Å². The molecular weight excluding hydrogens is 404 g/mol. The average Bonchev–Trinajstić information content (AvgIpc) is 3.27. The number of Topliss-reactive ketones (excluding diaryl/α,β-unsaturated/α-hetero) is 1. The maximum atomic E-state index is 13.5. The second kappa shape index (κ2) is 7.82. The first-order valence-corrected chi connectivity index (χ1v) is 10.7. The number of nitrogens with one attached hydrogen (secondary N) is 1. The van der Waals surface area contributed by atoms with Crippen molar-refractivity contribution in [1.29, 1.82) is 0 Å². The van der Waals surface area contributed by atoms with Gasteiger partial charge in [0.2, 0.25) is 5.95 Å². The number of carbonyl (C=O) groups excluding carboxylic acids is 1. The molecule has 1 aliphatic carbocycles. The van der Waals surface area contributed by atoms with Gasteiger partial charge >= 0.3 is 0 Å². The fourth-order valence-corrected chi connectivity index (χ4v) is 4.74. The maximum absolute atomic E-state index is 13.5. The third-order valence-electron chi connectivity index (χ3n) is 6.59. The predicted molar refractivity (Wildman–Crippen MR) is 121 cm³/mol. The highest BCUT2D eigenvalue weighted by molar-refractivity contribution is 6.00. The van der Waals surface area contributed by atoms with E-state index in [-0.39, 0.29) is 17.7 Å². The van der Waals surface area contributed by atoms with E-state index in [0.29, 0.717) is 30.3 Å². The molecule has 0 spiro atoms. The lowest BCUT2D eigenvalue weighted by atomic mass is 9.77. The molecular formula is C25H26N4O3. The van der Waals surface area contributed by atoms with Crippen LogP contribution in [-0.4, -0.2) is 34.8 Å². The quantitative estimate of drug-likeness (QED) is 0.664. The topological polar surface area (TPSA) is 78.3 Å². The Balaban J connectivity index is 1.56. The zero-order valence-corrected chi connectivity index (χ0v) is 18.7. The minimum absolute atomic E-state index is 0.0448. The van der Waals surface area contributed by atoms with Crippen molar-refractivity contribution >= 4 is 11.7 Å². The van der Waals surface area contributed by atoms with E-state index in [1.807, 2.05) is 22.9 Å². The van der Waals surface area contributed by atoms with Crippen LogP contribution in [0, 0.1) is 13.8 Å². The molecule has 7 nitrogen and oxygen atoms in total. The fraction of sp³-hybridized carbons (Fsp3) is 0.320. The lowest BCUT2D eigenvalue weighted by Gasteiger charge is -2.35. The van der Waals surface area contributed by atoms with Crippen LogP contribution in [0.1, 0.15) is 47.1 Å². The van der Waals surface area contributed by atoms with Crippen LogP contribution in [0.3, 0.4) is 0 Å². The number of aryl methyl sites for hydroxylation is 2. The third-order valence-corrected chi connectivity index (χ3v) is 6.59. The normalized spacial score (nSPS) is 19.8. The summed E-state index contributed by atoms with van der Waals surface area (Å²) in [6.07, 6.45) is 2.68. The minimum atomic E-state index is -0.276. The van der Waals surface area contributed by atoms with Crippen molar-refractivity contribution < 1.29 is 14.3 Å². The number of rotatable bonds is 4. The van der Waals surface area contributed by atoms with Crippen LogP contribution in [0.5, 0.6) is 11.5 Å². The second-order valence-corrected chi connectivity index (χ2v) is 8.43. The highest BCUT2D eigenvalue weighted by atomic mass is 16.5. The molecule has 0 fully saturated rings. The van der Waals surface area contributed by atoms with Gasteiger partial charge in [0, 0.05) is 17.7 Å². The van der Waals surface area contributed by atoms with E-state index in [4.69, 9.17) is 9.47 Å². The lowest BCUT2D eigenvalue weighted by Crippen LogP contribution is -2.33. The summed E-state index contributed by atoms with van der Waals surface area (Å²) in [5, 5.41) is 7.82. The van der Waals surface area contributed by atoms with Crippen molar-refractivity contribution in [1.82, 2.24) is 14.8 Å². The van der Waals surface area contributed by atoms with Crippen LogP contribution in [0.4, 0.5) is 5.95 Å². The van der Waals surface area contributed by atoms with Gasteiger partial charge in [-0.25, -0.2) is 4.68 Å². The zero-order chi connectivity index (χ0) is 22.4. The Hall–Kier alpha value is -3.61. The molecule has 1 N–H and O–H groups in total. The minimum Gasteiger partial charge on any atom is -0.493 e. The van der Waals surface area contributed by atoms with Gasteiger partial charge in [0.05, 0.1) is 14.2 Å². The number of ether oxygens (including phenoxy) is 2. The van der Waals surface area contributed by atoms with Crippen LogP contribution >= 0.6 is 0 Å². The molecule has 2 heterocycles. The molecule has 2 aromatic carbocycles. The van der Waals surface area contributed by atoms with Gasteiger partial charge in [-0.2, -0.15) is 10.1 Å². The number of carbonyl (C=O) groups is 1. The molecule has 5 rings (SSSR count). The van der Waals surface area contributed by atoms with Crippen molar-refractivity contribution in [3.05, 3.63) is 76.2 Å². The highest BCUT2D eigenvalue weighted by Crippen LogP contribution is 2.45. The predicted octanol–water partition coefficient (Wildman–Crippen LogP) is 4.33. The molecule has 3 aromatic rings. The summed E-state index contributed by atoms with van der Waals surface area (Å²) in [6, 6.07) is 11.9. The van der Waals surface area contributed by atoms with Gasteiger partial charge in [-0.15, -0.1) is 0 Å². The Kier molecular flexibility index (Phi) is 4.96. The maximum Gasteiger partial charge on any atom is 0.226 e. The number of benzene rings is 2. The standard InChI is InChI=1S/C25H26N4O3/c1-14-5-6-17(9-15(14)2)24-23-19(28-25-26-13-27-29(24)25)10-18(11-20(23)30)16-7-8-21(31-3)22(12-16)32-4/h5-9,12-13,18,24H,10-11H2,1-4H3,(H,26,27,28)/t18-,24+/m1/s1. The number of ketones is 1. The van der Waals surface area contributed by atoms with Gasteiger partial charge < -0.3 is 14.8 Å². The summed E-state index contributed by atoms with van der Waals surface area (Å²) in [7, 11) is 3.24. The molecule has 0 saturated carbocycles. The monoisotopic (exact) mass is 430 g/mol. The molecule has 0 radical (unpaired) electrons. The first kappa shape index (κ1) is 20.3. The van der Waals surface area contributed by atoms with E-state index >= 15 is 0 Å². The van der Waals surface area contributed by atoms with Crippen LogP contribution < -0.4 is 14.8 Å². The molecule has 0 unspecified atom stereocenters. The van der Waals surface area contributed by atoms with E-state index in [9.17, 15) is 4.79 Å². The lowest BCUT2D eigenvalue weighted by molar-refractivity contribution is -0.116. The van der Waals surface area contributed by atoms with Crippen LogP contribution in [0.25, 0.3) is 0 Å². The first-order valence-electron chi connectivity index (χ1n) is 10.7. The molecule has 1 aromatic heterocycles. The number of nitrogens with zero attached hydrogens (tertiary/aromatic N) is 3. The highest BCUT2D eigenvalue weighted by Gasteiger charge is 2.39. The molecule has 0 saturated heterocycles. The summed E-state index contributed by atoms with van der Waals surface area (Å²) in [5.41, 5.74) is 6.22. The molecule has 2 atom stereocenters. The van der Waals surface area contributed by atoms with Gasteiger partial charge in [0.15, 0.2) is 17.3 Å². The number of methoxy groups -OCH3 is 2. The number of aromatic nitrogens is 3. The van der Waals surface area contributed by atoms with Crippen molar-refractivity contribution in [2.75, 3.05) is 19.5 Å². The van der Waals surface area contributed by atoms with Crippen molar-refractivity contribution in [3.63, 3.8) is 0 Å². The third kappa shape index (κ3) is 3.25. The van der Waals surface area contributed by atoms with Crippen LogP contribution in [0.2, 0.25) is 0 Å². The molecule has 0 amide bonds. The Bertz CT molecular complexity index is 1240. The van der Waals surface area contributed by atoms with Crippen LogP contribution in [0.15, 0.2) is 54.0 Å². The second-order valence-electron chi connectivity index (χ2n) is 8.43. The van der Waals surface area contributed by atoms with Gasteiger partial charge in [-0.3, -0.25) is 4.79 Å². The number of hydrogen-bond acceptors (Lipinski definition) is 6. The number of anilines is 1. The zero-order valence-electron chi connectivity index (χ0n) is 18.7. The molecule has 32 heavy (non-hydrogen) atoms. The van der Waals surface area contributed by atoms with Gasteiger partial charge in [0.1, 0.15) is 12.4 Å². The van der Waals surface area contributed by atoms with E-state index in [1.165, 1.54) is 17.5 Å². The summed E-state index contributed by atoms with van der Waals surface area (Å²) in [4.78, 5) is 17.9. The van der Waals surface area contributed by atoms with Gasteiger partial charge in [-0.05, 0) is 60.6 Å². The molecule has 164 valence electrons. The molecule has 2 aliphatic rings. The Labute approximate surface area is 187 Å². The van der Waals surface area contributed by atoms with Crippen molar-refractivity contribution in [2.45, 2.75) is 38.6 Å². The number of hydrogen-bond donors (Lipinski definition) is 1. The van der Waals surface area contributed by atoms with E-state index in [0.717, 1.165) is 22.4 Å². The molecule has 1 aliphatic heterocycles. The van der Waals surface area contributed by atoms with Crippen molar-refractivity contribution in [2.24, 2.45) is 0 Å². The molecule has 0 bridgehead atoms. The Morgan fingerprint density at radius 3 is 2.50 bits per heavy atom. The Morgan fingerprint density at radius 1 is 0.969 bits per heavy atom. The summed E-state index contributed by atoms with van der Waals surface area (Å²) in [6.45, 7) is 4.18. The Morgan fingerprint density at radius 2 is 1.75 bits per heavy atom. The largest absolute Gasteiger partial charge is 0.493 e. The summed E-state index contributed by atoms with van der Waals surface area (Å²) < 4.78 is 12.7. The SMILES string of the molecule is COc1ccc([C@H]2CC(=O)C3=C(C2)Nc2ncnn2[C@H]3c2ccc(C)c(C)c2)cc1OC. The first-order chi connectivity index (χ1) is 15.5. The van der Waals surface area contributed by atoms with E-state index < -0.39 is 0 Å². The average molecular weight is 431 g/mol. The van der Waals surface area contributed by atoms with E-state index in [2.05, 4.69) is 47.4 Å². The van der Waals surface area contributed by atoms with E-state index in [1.54, 1.807) is 14.2 Å². The fourth-order valence-electron chi connectivity index (χ4n) is 4.74. The smallest absolute Gasteiger partial charge is 0.226 e. The number of fused-ring (bicyclic) bond motifs is 1. The molecule has 7 heteroatoms. The summed E-state index contributed by atoms with van der Waals surface area (Å²) >= 11 is 0. The van der Waals surface area contributed by atoms with Crippen LogP contribution in [-0.2, 0) is 4.79 Å². The number of allylic oxidation sites excluding steroid dienone is 2. The van der Waals surface area contributed by atoms with Gasteiger partial charge in [0.25, 0.3) is 0 Å².